The van der Waals surface area contributed by atoms with E-state index in [9.17, 15) is 8.42 Å². The van der Waals surface area contributed by atoms with Crippen molar-refractivity contribution in [3.8, 4) is 11.8 Å². The molecule has 1 fully saturated rings. The third kappa shape index (κ3) is 4.01. The Balaban J connectivity index is 1.59. The van der Waals surface area contributed by atoms with E-state index >= 15 is 0 Å². The second kappa shape index (κ2) is 7.14. The van der Waals surface area contributed by atoms with Gasteiger partial charge in [-0.1, -0.05) is 30.3 Å². The molecule has 24 heavy (non-hydrogen) atoms. The predicted octanol–water partition coefficient (Wildman–Crippen LogP) is 1.47. The molecule has 0 amide bonds. The summed E-state index contributed by atoms with van der Waals surface area (Å²) in [5.74, 6) is 0.770. The van der Waals surface area contributed by atoms with Gasteiger partial charge in [-0.25, -0.2) is 8.42 Å². The molecule has 3 rings (SSSR count). The summed E-state index contributed by atoms with van der Waals surface area (Å²) in [5.41, 5.74) is 0.780. The van der Waals surface area contributed by atoms with Gasteiger partial charge < -0.3 is 9.47 Å². The SMILES string of the molecule is COc1ccc(OC2CCN(S(=O)(=O)Cc3ccccc3)C2)nn1. The van der Waals surface area contributed by atoms with Crippen molar-refractivity contribution in [1.29, 1.82) is 0 Å². The Kier molecular flexibility index (Phi) is 4.96. The average Bonchev–Trinajstić information content (AvgIpc) is 3.06. The van der Waals surface area contributed by atoms with E-state index in [1.165, 1.54) is 11.4 Å². The quantitative estimate of drug-likeness (QED) is 0.785. The Labute approximate surface area is 141 Å². The number of ether oxygens (including phenoxy) is 2. The van der Waals surface area contributed by atoms with Gasteiger partial charge in [-0.2, -0.15) is 4.31 Å². The molecular formula is C16H19N3O4S. The topological polar surface area (TPSA) is 81.6 Å². The number of hydrogen-bond donors (Lipinski definition) is 0. The monoisotopic (exact) mass is 349 g/mol. The second-order valence-corrected chi connectivity index (χ2v) is 7.51. The van der Waals surface area contributed by atoms with Crippen LogP contribution in [0, 0.1) is 0 Å². The minimum absolute atomic E-state index is 0.00288. The molecule has 0 aliphatic carbocycles. The fourth-order valence-corrected chi connectivity index (χ4v) is 4.15. The van der Waals surface area contributed by atoms with E-state index in [4.69, 9.17) is 9.47 Å². The van der Waals surface area contributed by atoms with Crippen molar-refractivity contribution in [3.05, 3.63) is 48.0 Å². The van der Waals surface area contributed by atoms with Gasteiger partial charge in [0.1, 0.15) is 6.10 Å². The maximum atomic E-state index is 12.5. The highest BCUT2D eigenvalue weighted by molar-refractivity contribution is 7.88. The number of sulfonamides is 1. The van der Waals surface area contributed by atoms with Crippen LogP contribution in [0.5, 0.6) is 11.8 Å². The van der Waals surface area contributed by atoms with E-state index in [1.807, 2.05) is 30.3 Å². The summed E-state index contributed by atoms with van der Waals surface area (Å²) in [4.78, 5) is 0. The van der Waals surface area contributed by atoms with Crippen molar-refractivity contribution in [2.24, 2.45) is 0 Å². The molecule has 0 radical (unpaired) electrons. The Bertz CT molecular complexity index is 766. The van der Waals surface area contributed by atoms with Gasteiger partial charge in [0.2, 0.25) is 21.8 Å². The summed E-state index contributed by atoms with van der Waals surface area (Å²) in [7, 11) is -1.84. The highest BCUT2D eigenvalue weighted by Gasteiger charge is 2.32. The van der Waals surface area contributed by atoms with Gasteiger partial charge in [-0.3, -0.25) is 0 Å². The van der Waals surface area contributed by atoms with Crippen molar-refractivity contribution >= 4 is 10.0 Å². The van der Waals surface area contributed by atoms with Crippen LogP contribution >= 0.6 is 0 Å². The normalized spacial score (nSPS) is 18.5. The van der Waals surface area contributed by atoms with Gasteiger partial charge in [0.05, 0.1) is 19.4 Å². The first-order chi connectivity index (χ1) is 11.6. The van der Waals surface area contributed by atoms with E-state index in [0.29, 0.717) is 31.3 Å². The van der Waals surface area contributed by atoms with Crippen LogP contribution in [-0.4, -0.2) is 49.2 Å². The molecule has 1 atom stereocenters. The lowest BCUT2D eigenvalue weighted by atomic mass is 10.2. The molecule has 0 saturated carbocycles. The molecule has 1 aromatic carbocycles. The van der Waals surface area contributed by atoms with Gasteiger partial charge in [0.25, 0.3) is 0 Å². The standard InChI is InChI=1S/C16H19N3O4S/c1-22-15-7-8-16(18-17-15)23-14-9-10-19(11-14)24(20,21)12-13-5-3-2-4-6-13/h2-8,14H,9-12H2,1H3. The van der Waals surface area contributed by atoms with Gasteiger partial charge in [-0.05, 0) is 12.0 Å². The van der Waals surface area contributed by atoms with Crippen molar-refractivity contribution in [1.82, 2.24) is 14.5 Å². The molecule has 1 aliphatic rings. The lowest BCUT2D eigenvalue weighted by Gasteiger charge is -2.17. The van der Waals surface area contributed by atoms with E-state index in [-0.39, 0.29) is 11.9 Å². The molecule has 2 aromatic rings. The highest BCUT2D eigenvalue weighted by Crippen LogP contribution is 2.21. The number of benzene rings is 1. The van der Waals surface area contributed by atoms with Crippen molar-refractivity contribution in [2.45, 2.75) is 18.3 Å². The molecular weight excluding hydrogens is 330 g/mol. The number of aromatic nitrogens is 2. The summed E-state index contributed by atoms with van der Waals surface area (Å²) in [6, 6.07) is 12.5. The molecule has 1 aromatic heterocycles. The van der Waals surface area contributed by atoms with Crippen LogP contribution in [0.3, 0.4) is 0 Å². The summed E-state index contributed by atoms with van der Waals surface area (Å²) < 4.78 is 37.1. The van der Waals surface area contributed by atoms with E-state index in [2.05, 4.69) is 10.2 Å². The molecule has 8 heteroatoms. The fraction of sp³-hybridized carbons (Fsp3) is 0.375. The molecule has 128 valence electrons. The first kappa shape index (κ1) is 16.7. The minimum atomic E-state index is -3.35. The zero-order chi connectivity index (χ0) is 17.0. The van der Waals surface area contributed by atoms with Crippen molar-refractivity contribution in [3.63, 3.8) is 0 Å². The maximum absolute atomic E-state index is 12.5. The van der Waals surface area contributed by atoms with Crippen LogP contribution in [0.15, 0.2) is 42.5 Å². The molecule has 0 N–H and O–H groups in total. The Morgan fingerprint density at radius 2 is 1.83 bits per heavy atom. The van der Waals surface area contributed by atoms with Crippen LogP contribution in [0.25, 0.3) is 0 Å². The van der Waals surface area contributed by atoms with Crippen LogP contribution < -0.4 is 9.47 Å². The number of methoxy groups -OCH3 is 1. The zero-order valence-corrected chi connectivity index (χ0v) is 14.1. The third-order valence-electron chi connectivity index (χ3n) is 3.81. The van der Waals surface area contributed by atoms with E-state index < -0.39 is 10.0 Å². The van der Waals surface area contributed by atoms with Crippen LogP contribution in [0.1, 0.15) is 12.0 Å². The van der Waals surface area contributed by atoms with Crippen LogP contribution in [0.4, 0.5) is 0 Å². The molecule has 1 unspecified atom stereocenters. The summed E-state index contributed by atoms with van der Waals surface area (Å²) >= 11 is 0. The molecule has 0 spiro atoms. The smallest absolute Gasteiger partial charge is 0.233 e. The Morgan fingerprint density at radius 3 is 2.50 bits per heavy atom. The van der Waals surface area contributed by atoms with Crippen molar-refractivity contribution < 1.29 is 17.9 Å². The average molecular weight is 349 g/mol. The lowest BCUT2D eigenvalue weighted by Crippen LogP contribution is -2.32. The maximum Gasteiger partial charge on any atom is 0.233 e. The summed E-state index contributed by atoms with van der Waals surface area (Å²) in [5, 5.41) is 7.74. The first-order valence-corrected chi connectivity index (χ1v) is 9.24. The third-order valence-corrected chi connectivity index (χ3v) is 5.62. The Morgan fingerprint density at radius 1 is 1.12 bits per heavy atom. The molecule has 1 saturated heterocycles. The highest BCUT2D eigenvalue weighted by atomic mass is 32.2. The fourth-order valence-electron chi connectivity index (χ4n) is 2.57. The Hall–Kier alpha value is -2.19. The zero-order valence-electron chi connectivity index (χ0n) is 13.3. The number of hydrogen-bond acceptors (Lipinski definition) is 6. The lowest BCUT2D eigenvalue weighted by molar-refractivity contribution is 0.203. The van der Waals surface area contributed by atoms with Gasteiger partial charge >= 0.3 is 0 Å². The molecule has 0 bridgehead atoms. The molecule has 7 nitrogen and oxygen atoms in total. The molecule has 2 heterocycles. The summed E-state index contributed by atoms with van der Waals surface area (Å²) in [6.45, 7) is 0.770. The second-order valence-electron chi connectivity index (χ2n) is 5.54. The van der Waals surface area contributed by atoms with Crippen LogP contribution in [0.2, 0.25) is 0 Å². The first-order valence-electron chi connectivity index (χ1n) is 7.63. The van der Waals surface area contributed by atoms with Gasteiger partial charge in [0.15, 0.2) is 0 Å². The number of rotatable bonds is 6. The van der Waals surface area contributed by atoms with Gasteiger partial charge in [0, 0.05) is 18.7 Å². The van der Waals surface area contributed by atoms with Crippen LogP contribution in [-0.2, 0) is 15.8 Å². The van der Waals surface area contributed by atoms with Gasteiger partial charge in [-0.15, -0.1) is 10.2 Å². The molecule has 1 aliphatic heterocycles. The summed E-state index contributed by atoms with van der Waals surface area (Å²) in [6.07, 6.45) is 0.403. The predicted molar refractivity (Wildman–Crippen MR) is 88.3 cm³/mol. The van der Waals surface area contributed by atoms with Crippen molar-refractivity contribution in [2.75, 3.05) is 20.2 Å². The largest absolute Gasteiger partial charge is 0.480 e. The number of nitrogens with zero attached hydrogens (tertiary/aromatic N) is 3. The van der Waals surface area contributed by atoms with E-state index in [0.717, 1.165) is 5.56 Å². The minimum Gasteiger partial charge on any atom is -0.480 e. The van der Waals surface area contributed by atoms with E-state index in [1.54, 1.807) is 12.1 Å².